The van der Waals surface area contributed by atoms with Crippen LogP contribution in [0.5, 0.6) is 0 Å². The second-order valence-corrected chi connectivity index (χ2v) is 5.29. The lowest BCUT2D eigenvalue weighted by atomic mass is 10.0. The van der Waals surface area contributed by atoms with Crippen LogP contribution >= 0.6 is 0 Å². The standard InChI is InChI=1S/C17H29N3/c1-5-10-20(13-14(6-2)7-3)16-8-9-17(19-4)15(11-16)12-18/h8-9,11-12,14,18-19H,5-7,10,13H2,1-4H3. The van der Waals surface area contributed by atoms with Gasteiger partial charge in [0.1, 0.15) is 0 Å². The average molecular weight is 275 g/mol. The summed E-state index contributed by atoms with van der Waals surface area (Å²) < 4.78 is 0. The van der Waals surface area contributed by atoms with E-state index in [4.69, 9.17) is 5.41 Å². The van der Waals surface area contributed by atoms with Gasteiger partial charge in [-0.25, -0.2) is 0 Å². The molecule has 0 fully saturated rings. The van der Waals surface area contributed by atoms with Crippen LogP contribution in [0.4, 0.5) is 11.4 Å². The minimum Gasteiger partial charge on any atom is -0.388 e. The van der Waals surface area contributed by atoms with E-state index in [0.717, 1.165) is 36.7 Å². The van der Waals surface area contributed by atoms with Gasteiger partial charge in [0.2, 0.25) is 0 Å². The van der Waals surface area contributed by atoms with Crippen LogP contribution in [0.2, 0.25) is 0 Å². The van der Waals surface area contributed by atoms with E-state index in [0.29, 0.717) is 0 Å². The summed E-state index contributed by atoms with van der Waals surface area (Å²) in [6.45, 7) is 8.94. The van der Waals surface area contributed by atoms with Crippen LogP contribution in [0.3, 0.4) is 0 Å². The summed E-state index contributed by atoms with van der Waals surface area (Å²) in [7, 11) is 1.90. The number of rotatable bonds is 9. The Balaban J connectivity index is 2.98. The Bertz CT molecular complexity index is 411. The molecule has 0 spiro atoms. The van der Waals surface area contributed by atoms with Gasteiger partial charge in [-0.2, -0.15) is 0 Å². The molecule has 2 N–H and O–H groups in total. The highest BCUT2D eigenvalue weighted by Gasteiger charge is 2.12. The second kappa shape index (κ2) is 8.62. The predicted octanol–water partition coefficient (Wildman–Crippen LogP) is 4.38. The Morgan fingerprint density at radius 3 is 2.45 bits per heavy atom. The van der Waals surface area contributed by atoms with Crippen molar-refractivity contribution in [1.29, 1.82) is 5.41 Å². The van der Waals surface area contributed by atoms with E-state index in [1.54, 1.807) is 0 Å². The molecule has 0 radical (unpaired) electrons. The third kappa shape index (κ3) is 4.26. The third-order valence-corrected chi connectivity index (χ3v) is 3.95. The smallest absolute Gasteiger partial charge is 0.0428 e. The summed E-state index contributed by atoms with van der Waals surface area (Å²) in [5, 5.41) is 10.7. The fourth-order valence-electron chi connectivity index (χ4n) is 2.55. The zero-order valence-corrected chi connectivity index (χ0v) is 13.4. The molecule has 0 atom stereocenters. The van der Waals surface area contributed by atoms with Crippen molar-refractivity contribution in [2.24, 2.45) is 5.92 Å². The van der Waals surface area contributed by atoms with Crippen LogP contribution in [-0.2, 0) is 0 Å². The Labute approximate surface area is 123 Å². The van der Waals surface area contributed by atoms with E-state index < -0.39 is 0 Å². The van der Waals surface area contributed by atoms with Crippen molar-refractivity contribution < 1.29 is 0 Å². The van der Waals surface area contributed by atoms with Crippen molar-refractivity contribution in [1.82, 2.24) is 0 Å². The van der Waals surface area contributed by atoms with E-state index in [2.05, 4.69) is 49.2 Å². The molecule has 0 saturated carbocycles. The lowest BCUT2D eigenvalue weighted by molar-refractivity contribution is 0.482. The van der Waals surface area contributed by atoms with Gasteiger partial charge in [0.25, 0.3) is 0 Å². The first-order valence-electron chi connectivity index (χ1n) is 7.77. The summed E-state index contributed by atoms with van der Waals surface area (Å²) in [4.78, 5) is 2.46. The summed E-state index contributed by atoms with van der Waals surface area (Å²) in [5.41, 5.74) is 3.20. The molecule has 0 aliphatic carbocycles. The van der Waals surface area contributed by atoms with Gasteiger partial charge in [-0.05, 0) is 30.5 Å². The lowest BCUT2D eigenvalue weighted by Crippen LogP contribution is -2.30. The average Bonchev–Trinajstić information content (AvgIpc) is 2.50. The molecule has 0 heterocycles. The van der Waals surface area contributed by atoms with E-state index in [1.165, 1.54) is 24.7 Å². The maximum Gasteiger partial charge on any atom is 0.0428 e. The lowest BCUT2D eigenvalue weighted by Gasteiger charge is -2.29. The van der Waals surface area contributed by atoms with E-state index in [-0.39, 0.29) is 0 Å². The molecule has 1 aromatic carbocycles. The molecule has 0 saturated heterocycles. The number of nitrogens with one attached hydrogen (secondary N) is 2. The molecule has 0 aliphatic rings. The first kappa shape index (κ1) is 16.5. The zero-order chi connectivity index (χ0) is 15.0. The highest BCUT2D eigenvalue weighted by atomic mass is 15.1. The van der Waals surface area contributed by atoms with Crippen LogP contribution in [-0.4, -0.2) is 26.4 Å². The largest absolute Gasteiger partial charge is 0.388 e. The van der Waals surface area contributed by atoms with Gasteiger partial charge in [-0.3, -0.25) is 0 Å². The van der Waals surface area contributed by atoms with Gasteiger partial charge in [0.15, 0.2) is 0 Å². The van der Waals surface area contributed by atoms with Gasteiger partial charge in [-0.1, -0.05) is 33.6 Å². The maximum atomic E-state index is 7.56. The molecule has 3 heteroatoms. The molecule has 112 valence electrons. The predicted molar refractivity (Wildman–Crippen MR) is 90.5 cm³/mol. The Kier molecular flexibility index (Phi) is 7.13. The zero-order valence-electron chi connectivity index (χ0n) is 13.4. The highest BCUT2D eigenvalue weighted by molar-refractivity contribution is 5.87. The molecule has 0 bridgehead atoms. The van der Waals surface area contributed by atoms with Gasteiger partial charge >= 0.3 is 0 Å². The molecule has 1 rings (SSSR count). The SMILES string of the molecule is CCCN(CC(CC)CC)c1ccc(NC)c(C=N)c1. The minimum atomic E-state index is 0.744. The van der Waals surface area contributed by atoms with E-state index in [1.807, 2.05) is 7.05 Å². The van der Waals surface area contributed by atoms with Crippen molar-refractivity contribution in [2.45, 2.75) is 40.0 Å². The quantitative estimate of drug-likeness (QED) is 0.656. The number of nitrogens with zero attached hydrogens (tertiary/aromatic N) is 1. The van der Waals surface area contributed by atoms with Crippen molar-refractivity contribution in [3.8, 4) is 0 Å². The van der Waals surface area contributed by atoms with Crippen LogP contribution in [0, 0.1) is 11.3 Å². The van der Waals surface area contributed by atoms with Gasteiger partial charge in [0.05, 0.1) is 0 Å². The Morgan fingerprint density at radius 1 is 1.25 bits per heavy atom. The van der Waals surface area contributed by atoms with E-state index in [9.17, 15) is 0 Å². The van der Waals surface area contributed by atoms with Crippen LogP contribution in [0.15, 0.2) is 18.2 Å². The van der Waals surface area contributed by atoms with Gasteiger partial charge in [-0.15, -0.1) is 0 Å². The molecule has 20 heavy (non-hydrogen) atoms. The minimum absolute atomic E-state index is 0.744. The highest BCUT2D eigenvalue weighted by Crippen LogP contribution is 2.24. The van der Waals surface area contributed by atoms with Crippen LogP contribution in [0.25, 0.3) is 0 Å². The summed E-state index contributed by atoms with van der Waals surface area (Å²) in [6, 6.07) is 6.36. The number of hydrogen-bond donors (Lipinski definition) is 2. The van der Waals surface area contributed by atoms with Gasteiger partial charge < -0.3 is 15.6 Å². The molecule has 3 nitrogen and oxygen atoms in total. The third-order valence-electron chi connectivity index (χ3n) is 3.95. The maximum absolute atomic E-state index is 7.56. The first-order valence-corrected chi connectivity index (χ1v) is 7.77. The van der Waals surface area contributed by atoms with Crippen LogP contribution < -0.4 is 10.2 Å². The normalized spacial score (nSPS) is 10.7. The molecular weight excluding hydrogens is 246 g/mol. The first-order chi connectivity index (χ1) is 9.69. The molecule has 0 unspecified atom stereocenters. The molecule has 0 amide bonds. The molecule has 0 aromatic heterocycles. The summed E-state index contributed by atoms with van der Waals surface area (Å²) >= 11 is 0. The van der Waals surface area contributed by atoms with Crippen molar-refractivity contribution in [3.05, 3.63) is 23.8 Å². The van der Waals surface area contributed by atoms with Gasteiger partial charge in [0, 0.05) is 43.3 Å². The Morgan fingerprint density at radius 2 is 1.95 bits per heavy atom. The fourth-order valence-corrected chi connectivity index (χ4v) is 2.55. The number of anilines is 2. The molecule has 1 aromatic rings. The van der Waals surface area contributed by atoms with Crippen molar-refractivity contribution >= 4 is 17.6 Å². The fraction of sp³-hybridized carbons (Fsp3) is 0.588. The molecule has 0 aliphatic heterocycles. The van der Waals surface area contributed by atoms with Crippen molar-refractivity contribution in [3.63, 3.8) is 0 Å². The van der Waals surface area contributed by atoms with Crippen molar-refractivity contribution in [2.75, 3.05) is 30.4 Å². The second-order valence-electron chi connectivity index (χ2n) is 5.29. The summed E-state index contributed by atoms with van der Waals surface area (Å²) in [6.07, 6.45) is 5.02. The number of benzene rings is 1. The van der Waals surface area contributed by atoms with E-state index >= 15 is 0 Å². The molecular formula is C17H29N3. The Hall–Kier alpha value is -1.51. The topological polar surface area (TPSA) is 39.1 Å². The number of hydrogen-bond acceptors (Lipinski definition) is 3. The summed E-state index contributed by atoms with van der Waals surface area (Å²) in [5.74, 6) is 0.744. The van der Waals surface area contributed by atoms with Crippen LogP contribution in [0.1, 0.15) is 45.6 Å². The monoisotopic (exact) mass is 275 g/mol.